The van der Waals surface area contributed by atoms with Gasteiger partial charge in [0.1, 0.15) is 17.8 Å². The lowest BCUT2D eigenvalue weighted by atomic mass is 10.0. The predicted octanol–water partition coefficient (Wildman–Crippen LogP) is 4.30. The van der Waals surface area contributed by atoms with Gasteiger partial charge in [0.15, 0.2) is 5.82 Å². The summed E-state index contributed by atoms with van der Waals surface area (Å²) in [7, 11) is 0. The highest BCUT2D eigenvalue weighted by Crippen LogP contribution is 2.32. The lowest BCUT2D eigenvalue weighted by Crippen LogP contribution is -2.46. The standard InChI is InChI=1S/C24H29N5O/c1-18(2)20-8-10-21(11-9-20)30-24-22(25)23(26-17-27-24)29-14-12-28(13-15-29)16-19-6-4-3-5-7-19/h3-11,17-18H,12-16,25H2,1-2H3. The number of rotatable bonds is 6. The van der Waals surface area contributed by atoms with E-state index in [1.807, 2.05) is 12.1 Å². The molecule has 1 aromatic heterocycles. The average molecular weight is 404 g/mol. The molecule has 3 aromatic rings. The number of ether oxygens (including phenoxy) is 1. The average Bonchev–Trinajstić information content (AvgIpc) is 2.77. The first-order chi connectivity index (χ1) is 14.6. The zero-order chi connectivity index (χ0) is 20.9. The summed E-state index contributed by atoms with van der Waals surface area (Å²) in [4.78, 5) is 13.4. The van der Waals surface area contributed by atoms with Crippen molar-refractivity contribution in [1.29, 1.82) is 0 Å². The molecule has 6 heteroatoms. The second kappa shape index (κ2) is 9.13. The van der Waals surface area contributed by atoms with Gasteiger partial charge >= 0.3 is 0 Å². The van der Waals surface area contributed by atoms with Crippen molar-refractivity contribution in [2.45, 2.75) is 26.3 Å². The van der Waals surface area contributed by atoms with Crippen LogP contribution >= 0.6 is 0 Å². The smallest absolute Gasteiger partial charge is 0.248 e. The Morgan fingerprint density at radius 3 is 2.30 bits per heavy atom. The van der Waals surface area contributed by atoms with Gasteiger partial charge in [0, 0.05) is 32.7 Å². The lowest BCUT2D eigenvalue weighted by Gasteiger charge is -2.35. The van der Waals surface area contributed by atoms with Crippen LogP contribution in [0.5, 0.6) is 11.6 Å². The van der Waals surface area contributed by atoms with Crippen molar-refractivity contribution < 1.29 is 4.74 Å². The number of nitrogens with two attached hydrogens (primary N) is 1. The van der Waals surface area contributed by atoms with Gasteiger partial charge in [-0.25, -0.2) is 4.98 Å². The monoisotopic (exact) mass is 403 g/mol. The van der Waals surface area contributed by atoms with E-state index in [1.54, 1.807) is 0 Å². The Bertz CT molecular complexity index is 951. The number of hydrogen-bond donors (Lipinski definition) is 1. The largest absolute Gasteiger partial charge is 0.437 e. The fourth-order valence-corrected chi connectivity index (χ4v) is 3.70. The maximum atomic E-state index is 6.39. The summed E-state index contributed by atoms with van der Waals surface area (Å²) < 4.78 is 5.96. The third-order valence-corrected chi connectivity index (χ3v) is 5.51. The third kappa shape index (κ3) is 4.71. The Kier molecular flexibility index (Phi) is 6.14. The van der Waals surface area contributed by atoms with Crippen LogP contribution in [0.1, 0.15) is 30.9 Å². The van der Waals surface area contributed by atoms with Gasteiger partial charge in [-0.2, -0.15) is 4.98 Å². The number of anilines is 2. The van der Waals surface area contributed by atoms with E-state index >= 15 is 0 Å². The molecular weight excluding hydrogens is 374 g/mol. The van der Waals surface area contributed by atoms with Crippen LogP contribution in [0.2, 0.25) is 0 Å². The first kappa shape index (κ1) is 20.2. The number of hydrogen-bond acceptors (Lipinski definition) is 6. The fraction of sp³-hybridized carbons (Fsp3) is 0.333. The molecule has 1 aliphatic heterocycles. The molecule has 2 aromatic carbocycles. The van der Waals surface area contributed by atoms with Crippen LogP contribution in [0.4, 0.5) is 11.5 Å². The summed E-state index contributed by atoms with van der Waals surface area (Å²) in [6.07, 6.45) is 1.53. The van der Waals surface area contributed by atoms with Crippen LogP contribution in [0.25, 0.3) is 0 Å². The Morgan fingerprint density at radius 1 is 0.933 bits per heavy atom. The molecular formula is C24H29N5O. The minimum atomic E-state index is 0.406. The molecule has 1 aliphatic rings. The second-order valence-corrected chi connectivity index (χ2v) is 7.99. The van der Waals surface area contributed by atoms with Crippen molar-refractivity contribution in [3.8, 4) is 11.6 Å². The van der Waals surface area contributed by atoms with Gasteiger partial charge < -0.3 is 15.4 Å². The van der Waals surface area contributed by atoms with Gasteiger partial charge in [0.2, 0.25) is 5.88 Å². The van der Waals surface area contributed by atoms with Crippen molar-refractivity contribution in [3.05, 3.63) is 72.1 Å². The van der Waals surface area contributed by atoms with E-state index in [-0.39, 0.29) is 0 Å². The molecule has 0 atom stereocenters. The Hall–Kier alpha value is -3.12. The van der Waals surface area contributed by atoms with Crippen molar-refractivity contribution in [1.82, 2.24) is 14.9 Å². The normalized spacial score (nSPS) is 14.8. The van der Waals surface area contributed by atoms with Crippen molar-refractivity contribution in [2.24, 2.45) is 0 Å². The van der Waals surface area contributed by atoms with Crippen LogP contribution in [0.3, 0.4) is 0 Å². The lowest BCUT2D eigenvalue weighted by molar-refractivity contribution is 0.249. The van der Waals surface area contributed by atoms with Crippen LogP contribution in [0.15, 0.2) is 60.9 Å². The summed E-state index contributed by atoms with van der Waals surface area (Å²) in [6.45, 7) is 8.98. The molecule has 6 nitrogen and oxygen atoms in total. The zero-order valence-corrected chi connectivity index (χ0v) is 17.7. The molecule has 1 saturated heterocycles. The van der Waals surface area contributed by atoms with Crippen molar-refractivity contribution in [3.63, 3.8) is 0 Å². The molecule has 1 fully saturated rings. The number of benzene rings is 2. The molecule has 2 N–H and O–H groups in total. The van der Waals surface area contributed by atoms with Crippen molar-refractivity contribution >= 4 is 11.5 Å². The van der Waals surface area contributed by atoms with Crippen molar-refractivity contribution in [2.75, 3.05) is 36.8 Å². The van der Waals surface area contributed by atoms with E-state index < -0.39 is 0 Å². The van der Waals surface area contributed by atoms with E-state index in [1.165, 1.54) is 17.5 Å². The summed E-state index contributed by atoms with van der Waals surface area (Å²) in [6, 6.07) is 18.6. The summed E-state index contributed by atoms with van der Waals surface area (Å²) >= 11 is 0. The summed E-state index contributed by atoms with van der Waals surface area (Å²) in [5.41, 5.74) is 9.49. The van der Waals surface area contributed by atoms with Gasteiger partial charge in [0.25, 0.3) is 0 Å². The number of aromatic nitrogens is 2. The van der Waals surface area contributed by atoms with Crippen LogP contribution in [0, 0.1) is 0 Å². The second-order valence-electron chi connectivity index (χ2n) is 7.99. The molecule has 0 amide bonds. The Labute approximate surface area is 178 Å². The highest BCUT2D eigenvalue weighted by Gasteiger charge is 2.22. The topological polar surface area (TPSA) is 67.5 Å². The molecule has 4 rings (SSSR count). The third-order valence-electron chi connectivity index (χ3n) is 5.51. The highest BCUT2D eigenvalue weighted by molar-refractivity contribution is 5.68. The van der Waals surface area contributed by atoms with E-state index in [9.17, 15) is 0 Å². The first-order valence-electron chi connectivity index (χ1n) is 10.5. The minimum Gasteiger partial charge on any atom is -0.437 e. The molecule has 0 saturated carbocycles. The maximum absolute atomic E-state index is 6.39. The van der Waals surface area contributed by atoms with Gasteiger partial charge in [-0.1, -0.05) is 56.3 Å². The van der Waals surface area contributed by atoms with E-state index in [4.69, 9.17) is 10.5 Å². The molecule has 0 spiro atoms. The highest BCUT2D eigenvalue weighted by atomic mass is 16.5. The molecule has 0 bridgehead atoms. The Morgan fingerprint density at radius 2 is 1.63 bits per heavy atom. The quantitative estimate of drug-likeness (QED) is 0.662. The van der Waals surface area contributed by atoms with Crippen LogP contribution in [-0.4, -0.2) is 41.0 Å². The van der Waals surface area contributed by atoms with Gasteiger partial charge in [0.05, 0.1) is 0 Å². The van der Waals surface area contributed by atoms with Gasteiger partial charge in [-0.15, -0.1) is 0 Å². The maximum Gasteiger partial charge on any atom is 0.248 e. The van der Waals surface area contributed by atoms with E-state index in [0.29, 0.717) is 17.5 Å². The molecule has 0 aliphatic carbocycles. The number of piperazine rings is 1. The van der Waals surface area contributed by atoms with Gasteiger partial charge in [-0.05, 0) is 29.2 Å². The molecule has 2 heterocycles. The fourth-order valence-electron chi connectivity index (χ4n) is 3.70. The molecule has 30 heavy (non-hydrogen) atoms. The minimum absolute atomic E-state index is 0.406. The predicted molar refractivity (Wildman–Crippen MR) is 121 cm³/mol. The molecule has 0 radical (unpaired) electrons. The Balaban J connectivity index is 1.40. The summed E-state index contributed by atoms with van der Waals surface area (Å²) in [5, 5.41) is 0. The zero-order valence-electron chi connectivity index (χ0n) is 17.7. The first-order valence-corrected chi connectivity index (χ1v) is 10.5. The van der Waals surface area contributed by atoms with Crippen LogP contribution in [-0.2, 0) is 6.54 Å². The number of nitrogen functional groups attached to an aromatic ring is 1. The SMILES string of the molecule is CC(C)c1ccc(Oc2ncnc(N3CCN(Cc4ccccc4)CC3)c2N)cc1. The van der Waals surface area contributed by atoms with E-state index in [2.05, 4.69) is 76.1 Å². The van der Waals surface area contributed by atoms with Gasteiger partial charge in [-0.3, -0.25) is 4.90 Å². The molecule has 156 valence electrons. The summed E-state index contributed by atoms with van der Waals surface area (Å²) in [5.74, 6) is 2.36. The van der Waals surface area contributed by atoms with Crippen LogP contribution < -0.4 is 15.4 Å². The molecule has 0 unspecified atom stereocenters. The number of nitrogens with zero attached hydrogens (tertiary/aromatic N) is 4. The van der Waals surface area contributed by atoms with E-state index in [0.717, 1.165) is 44.3 Å².